The molecule has 0 aliphatic carbocycles. The van der Waals surface area contributed by atoms with Gasteiger partial charge in [0.15, 0.2) is 0 Å². The summed E-state index contributed by atoms with van der Waals surface area (Å²) in [6.45, 7) is 4.71. The van der Waals surface area contributed by atoms with Crippen LogP contribution in [0.2, 0.25) is 0 Å². The number of halogens is 1. The molecule has 1 aromatic heterocycles. The Morgan fingerprint density at radius 1 is 1.37 bits per heavy atom. The number of nitrogens with zero attached hydrogens (tertiary/aromatic N) is 1. The van der Waals surface area contributed by atoms with Crippen LogP contribution in [0.25, 0.3) is 0 Å². The van der Waals surface area contributed by atoms with Crippen LogP contribution in [0.15, 0.2) is 20.1 Å². The first kappa shape index (κ1) is 17.1. The van der Waals surface area contributed by atoms with Gasteiger partial charge in [0.1, 0.15) is 4.21 Å². The summed E-state index contributed by atoms with van der Waals surface area (Å²) < 4.78 is 28.1. The summed E-state index contributed by atoms with van der Waals surface area (Å²) >= 11 is 4.50. The number of thiophene rings is 1. The molecule has 0 saturated carbocycles. The van der Waals surface area contributed by atoms with Gasteiger partial charge < -0.3 is 4.90 Å². The molecule has 1 rings (SSSR count). The van der Waals surface area contributed by atoms with E-state index in [0.29, 0.717) is 16.7 Å². The molecular weight excluding hydrogens is 348 g/mol. The standard InChI is InChI=1S/C12H21BrN2O2S2/c1-9(2)7-10(15(3)4)8-14-19(16,17)12-6-5-11(13)18-12/h5-6,9-10,14H,7-8H2,1-4H3. The van der Waals surface area contributed by atoms with Crippen molar-refractivity contribution in [2.75, 3.05) is 20.6 Å². The second-order valence-corrected chi connectivity index (χ2v) is 9.61. The van der Waals surface area contributed by atoms with Gasteiger partial charge in [0.05, 0.1) is 3.79 Å². The van der Waals surface area contributed by atoms with Crippen LogP contribution in [0.4, 0.5) is 0 Å². The van der Waals surface area contributed by atoms with Crippen molar-refractivity contribution < 1.29 is 8.42 Å². The second kappa shape index (κ2) is 7.17. The molecule has 0 amide bonds. The highest BCUT2D eigenvalue weighted by Crippen LogP contribution is 2.25. The summed E-state index contributed by atoms with van der Waals surface area (Å²) in [6, 6.07) is 3.57. The first-order valence-corrected chi connectivity index (χ1v) is 9.23. The van der Waals surface area contributed by atoms with Crippen molar-refractivity contribution in [1.82, 2.24) is 9.62 Å². The van der Waals surface area contributed by atoms with Gasteiger partial charge in [-0.05, 0) is 54.5 Å². The van der Waals surface area contributed by atoms with Crippen molar-refractivity contribution in [1.29, 1.82) is 0 Å². The van der Waals surface area contributed by atoms with Crippen LogP contribution in [-0.4, -0.2) is 40.0 Å². The Morgan fingerprint density at radius 3 is 2.42 bits per heavy atom. The van der Waals surface area contributed by atoms with Crippen molar-refractivity contribution in [2.45, 2.75) is 30.5 Å². The molecule has 19 heavy (non-hydrogen) atoms. The quantitative estimate of drug-likeness (QED) is 0.804. The van der Waals surface area contributed by atoms with Crippen LogP contribution >= 0.6 is 27.3 Å². The van der Waals surface area contributed by atoms with E-state index in [1.807, 2.05) is 14.1 Å². The number of nitrogens with one attached hydrogen (secondary N) is 1. The van der Waals surface area contributed by atoms with Crippen molar-refractivity contribution in [3.63, 3.8) is 0 Å². The number of hydrogen-bond acceptors (Lipinski definition) is 4. The number of sulfonamides is 1. The number of hydrogen-bond donors (Lipinski definition) is 1. The molecule has 4 nitrogen and oxygen atoms in total. The molecule has 1 heterocycles. The lowest BCUT2D eigenvalue weighted by Gasteiger charge is -2.26. The summed E-state index contributed by atoms with van der Waals surface area (Å²) in [4.78, 5) is 2.06. The predicted octanol–water partition coefficient (Wildman–Crippen LogP) is 2.77. The molecule has 0 aliphatic heterocycles. The molecule has 0 bridgehead atoms. The Bertz CT molecular complexity index is 498. The Kier molecular flexibility index (Phi) is 6.46. The zero-order valence-corrected chi connectivity index (χ0v) is 14.9. The van der Waals surface area contributed by atoms with E-state index in [-0.39, 0.29) is 6.04 Å². The zero-order valence-electron chi connectivity index (χ0n) is 11.7. The van der Waals surface area contributed by atoms with Gasteiger partial charge >= 0.3 is 0 Å². The Labute approximate surface area is 128 Å². The van der Waals surface area contributed by atoms with E-state index in [4.69, 9.17) is 0 Å². The van der Waals surface area contributed by atoms with Crippen LogP contribution < -0.4 is 4.72 Å². The molecular formula is C12H21BrN2O2S2. The van der Waals surface area contributed by atoms with Crippen LogP contribution in [0.3, 0.4) is 0 Å². The van der Waals surface area contributed by atoms with Crippen LogP contribution in [0.5, 0.6) is 0 Å². The molecule has 7 heteroatoms. The summed E-state index contributed by atoms with van der Waals surface area (Å²) in [5.74, 6) is 0.535. The maximum absolute atomic E-state index is 12.1. The van der Waals surface area contributed by atoms with E-state index in [1.54, 1.807) is 12.1 Å². The van der Waals surface area contributed by atoms with E-state index in [0.717, 1.165) is 10.2 Å². The van der Waals surface area contributed by atoms with Gasteiger partial charge in [0.2, 0.25) is 10.0 Å². The molecule has 110 valence electrons. The van der Waals surface area contributed by atoms with E-state index in [9.17, 15) is 8.42 Å². The van der Waals surface area contributed by atoms with E-state index in [1.165, 1.54) is 11.3 Å². The molecule has 1 unspecified atom stereocenters. The molecule has 0 aromatic carbocycles. The fourth-order valence-electron chi connectivity index (χ4n) is 1.74. The van der Waals surface area contributed by atoms with Gasteiger partial charge in [-0.25, -0.2) is 13.1 Å². The minimum absolute atomic E-state index is 0.207. The Morgan fingerprint density at radius 2 is 2.00 bits per heavy atom. The largest absolute Gasteiger partial charge is 0.305 e. The molecule has 0 saturated heterocycles. The topological polar surface area (TPSA) is 49.4 Å². The maximum Gasteiger partial charge on any atom is 0.250 e. The molecule has 0 aliphatic rings. The van der Waals surface area contributed by atoms with Crippen LogP contribution in [0.1, 0.15) is 20.3 Å². The van der Waals surface area contributed by atoms with Crippen LogP contribution in [0, 0.1) is 5.92 Å². The minimum atomic E-state index is -3.39. The first-order valence-electron chi connectivity index (χ1n) is 6.14. The summed E-state index contributed by atoms with van der Waals surface area (Å²) in [5.41, 5.74) is 0. The Hall–Kier alpha value is 0.0500. The van der Waals surface area contributed by atoms with Crippen molar-refractivity contribution >= 4 is 37.3 Å². The maximum atomic E-state index is 12.1. The first-order chi connectivity index (χ1) is 8.72. The van der Waals surface area contributed by atoms with E-state index >= 15 is 0 Å². The van der Waals surface area contributed by atoms with Crippen LogP contribution in [-0.2, 0) is 10.0 Å². The van der Waals surface area contributed by atoms with Gasteiger partial charge in [0.25, 0.3) is 0 Å². The molecule has 1 aromatic rings. The zero-order chi connectivity index (χ0) is 14.6. The van der Waals surface area contributed by atoms with Gasteiger partial charge in [-0.2, -0.15) is 0 Å². The average molecular weight is 369 g/mol. The summed E-state index contributed by atoms with van der Waals surface area (Å²) in [5, 5.41) is 0. The lowest BCUT2D eigenvalue weighted by Crippen LogP contribution is -2.40. The van der Waals surface area contributed by atoms with Gasteiger partial charge in [0, 0.05) is 12.6 Å². The summed E-state index contributed by atoms with van der Waals surface area (Å²) in [7, 11) is 0.559. The van der Waals surface area contributed by atoms with Crippen molar-refractivity contribution in [3.8, 4) is 0 Å². The van der Waals surface area contributed by atoms with Gasteiger partial charge in [-0.15, -0.1) is 11.3 Å². The lowest BCUT2D eigenvalue weighted by molar-refractivity contribution is 0.255. The van der Waals surface area contributed by atoms with E-state index < -0.39 is 10.0 Å². The second-order valence-electron chi connectivity index (χ2n) is 5.16. The van der Waals surface area contributed by atoms with Gasteiger partial charge in [-0.1, -0.05) is 13.8 Å². The normalized spacial score (nSPS) is 14.3. The average Bonchev–Trinajstić information content (AvgIpc) is 2.71. The number of rotatable bonds is 7. The predicted molar refractivity (Wildman–Crippen MR) is 84.1 cm³/mol. The molecule has 0 spiro atoms. The molecule has 0 fully saturated rings. The van der Waals surface area contributed by atoms with Crippen molar-refractivity contribution in [2.24, 2.45) is 5.92 Å². The third-order valence-corrected chi connectivity index (χ3v) is 6.34. The SMILES string of the molecule is CC(C)CC(CNS(=O)(=O)c1ccc(Br)s1)N(C)C. The monoisotopic (exact) mass is 368 g/mol. The fourth-order valence-corrected chi connectivity index (χ4v) is 4.87. The Balaban J connectivity index is 2.68. The highest BCUT2D eigenvalue weighted by atomic mass is 79.9. The van der Waals surface area contributed by atoms with Crippen molar-refractivity contribution in [3.05, 3.63) is 15.9 Å². The third kappa shape index (κ3) is 5.51. The highest BCUT2D eigenvalue weighted by Gasteiger charge is 2.20. The van der Waals surface area contributed by atoms with Gasteiger partial charge in [-0.3, -0.25) is 0 Å². The molecule has 1 atom stereocenters. The number of likely N-dealkylation sites (N-methyl/N-ethyl adjacent to an activating group) is 1. The minimum Gasteiger partial charge on any atom is -0.305 e. The lowest BCUT2D eigenvalue weighted by atomic mass is 10.0. The molecule has 1 N–H and O–H groups in total. The smallest absolute Gasteiger partial charge is 0.250 e. The fraction of sp³-hybridized carbons (Fsp3) is 0.667. The third-order valence-electron chi connectivity index (χ3n) is 2.80. The summed E-state index contributed by atoms with van der Waals surface area (Å²) in [6.07, 6.45) is 0.962. The highest BCUT2D eigenvalue weighted by molar-refractivity contribution is 9.11. The molecule has 0 radical (unpaired) electrons. The van der Waals surface area contributed by atoms with E-state index in [2.05, 4.69) is 39.4 Å².